The van der Waals surface area contributed by atoms with Gasteiger partial charge in [0.1, 0.15) is 5.76 Å². The third kappa shape index (κ3) is 7.38. The minimum absolute atomic E-state index is 0. The van der Waals surface area contributed by atoms with Crippen LogP contribution in [0.1, 0.15) is 21.5 Å². The minimum Gasteiger partial charge on any atom is -0.507 e. The van der Waals surface area contributed by atoms with E-state index in [0.29, 0.717) is 11.1 Å². The van der Waals surface area contributed by atoms with Crippen LogP contribution in [0.5, 0.6) is 0 Å². The zero-order valence-electron chi connectivity index (χ0n) is 17.3. The number of aromatic nitrogens is 1. The van der Waals surface area contributed by atoms with Gasteiger partial charge in [0, 0.05) is 49.3 Å². The molecule has 32 heavy (non-hydrogen) atoms. The van der Waals surface area contributed by atoms with Gasteiger partial charge in [0.25, 0.3) is 0 Å². The van der Waals surface area contributed by atoms with E-state index in [2.05, 4.69) is 11.1 Å². The Morgan fingerprint density at radius 3 is 2.12 bits per heavy atom. The molecule has 0 amide bonds. The number of pyridine rings is 1. The second-order valence-electron chi connectivity index (χ2n) is 6.76. The number of aliphatic hydroxyl groups is 1. The fourth-order valence-electron chi connectivity index (χ4n) is 2.75. The molecule has 4 rings (SSSR count). The zero-order valence-corrected chi connectivity index (χ0v) is 19.7. The summed E-state index contributed by atoms with van der Waals surface area (Å²) in [4.78, 5) is 16.0. The molecule has 0 bridgehead atoms. The second kappa shape index (κ2) is 12.5. The van der Waals surface area contributed by atoms with Gasteiger partial charge in [-0.2, -0.15) is 0 Å². The standard InChI is InChI=1S/C15H12O2.C12H9FN.Ir/c16-14(12-7-3-1-4-8-12)11-15(17)13-9-5-2-6-10-13;1-9-6-7-14-12(8-9)10-2-4-11(13)5-3-10;/h1-11,16H;2,4-8H,1H3;/q;-1;/b14-11-;;. The second-order valence-corrected chi connectivity index (χ2v) is 6.76. The number of nitrogens with zero attached hydrogens (tertiary/aromatic N) is 1. The van der Waals surface area contributed by atoms with Gasteiger partial charge in [0.2, 0.25) is 0 Å². The van der Waals surface area contributed by atoms with Crippen LogP contribution in [0.2, 0.25) is 0 Å². The number of allylic oxidation sites excluding steroid dienone is 1. The quantitative estimate of drug-likeness (QED) is 0.126. The predicted molar refractivity (Wildman–Crippen MR) is 121 cm³/mol. The van der Waals surface area contributed by atoms with Crippen molar-refractivity contribution in [3.63, 3.8) is 0 Å². The molecule has 0 fully saturated rings. The summed E-state index contributed by atoms with van der Waals surface area (Å²) in [5.74, 6) is -0.493. The number of hydrogen-bond donors (Lipinski definition) is 1. The van der Waals surface area contributed by atoms with E-state index in [0.717, 1.165) is 16.8 Å². The van der Waals surface area contributed by atoms with Gasteiger partial charge in [-0.3, -0.25) is 9.18 Å². The van der Waals surface area contributed by atoms with Crippen molar-refractivity contribution < 1.29 is 34.4 Å². The first-order chi connectivity index (χ1) is 15.0. The number of aryl methyl sites for hydroxylation is 1. The third-order valence-electron chi connectivity index (χ3n) is 4.36. The molecule has 1 aromatic heterocycles. The Bertz CT molecular complexity index is 1160. The molecule has 0 aliphatic carbocycles. The Kier molecular flexibility index (Phi) is 9.68. The molecule has 3 nitrogen and oxygen atoms in total. The van der Waals surface area contributed by atoms with Gasteiger partial charge in [0.05, 0.1) is 0 Å². The van der Waals surface area contributed by atoms with Crippen LogP contribution in [0.4, 0.5) is 4.39 Å². The number of halogens is 1. The van der Waals surface area contributed by atoms with Crippen LogP contribution < -0.4 is 0 Å². The number of carbonyl (C=O) groups excluding carboxylic acids is 1. The molecule has 0 saturated carbocycles. The molecule has 1 radical (unpaired) electrons. The maximum atomic E-state index is 12.6. The van der Waals surface area contributed by atoms with E-state index >= 15 is 0 Å². The van der Waals surface area contributed by atoms with Gasteiger partial charge in [-0.05, 0) is 18.7 Å². The summed E-state index contributed by atoms with van der Waals surface area (Å²) in [6, 6.07) is 29.0. The summed E-state index contributed by atoms with van der Waals surface area (Å²) in [6.07, 6.45) is 2.98. The Hall–Kier alpha value is -3.40. The van der Waals surface area contributed by atoms with Crippen molar-refractivity contribution >= 4 is 11.5 Å². The van der Waals surface area contributed by atoms with E-state index in [4.69, 9.17) is 0 Å². The van der Waals surface area contributed by atoms with Crippen molar-refractivity contribution in [2.24, 2.45) is 0 Å². The SMILES string of the molecule is Cc1ccnc(-c2[c-]cc(F)cc2)c1.O=C(/C=C(\O)c1ccccc1)c1ccccc1.[Ir]. The molecular formula is C27H21FIrNO2-. The van der Waals surface area contributed by atoms with Crippen LogP contribution in [0, 0.1) is 18.8 Å². The van der Waals surface area contributed by atoms with Crippen molar-refractivity contribution in [2.45, 2.75) is 6.92 Å². The Morgan fingerprint density at radius 2 is 1.56 bits per heavy atom. The van der Waals surface area contributed by atoms with E-state index in [1.165, 1.54) is 18.2 Å². The molecule has 0 unspecified atom stereocenters. The molecule has 163 valence electrons. The Morgan fingerprint density at radius 1 is 0.938 bits per heavy atom. The van der Waals surface area contributed by atoms with E-state index < -0.39 is 0 Å². The van der Waals surface area contributed by atoms with Crippen molar-refractivity contribution in [2.75, 3.05) is 0 Å². The Labute approximate surface area is 200 Å². The van der Waals surface area contributed by atoms with Gasteiger partial charge in [-0.15, -0.1) is 29.8 Å². The molecule has 1 heterocycles. The summed E-state index contributed by atoms with van der Waals surface area (Å²) >= 11 is 0. The van der Waals surface area contributed by atoms with Gasteiger partial charge >= 0.3 is 0 Å². The van der Waals surface area contributed by atoms with Crippen molar-refractivity contribution in [3.05, 3.63) is 132 Å². The van der Waals surface area contributed by atoms with Crippen LogP contribution in [0.3, 0.4) is 0 Å². The van der Waals surface area contributed by atoms with Crippen molar-refractivity contribution in [3.8, 4) is 11.3 Å². The maximum absolute atomic E-state index is 12.6. The molecule has 0 spiro atoms. The van der Waals surface area contributed by atoms with E-state index in [-0.39, 0.29) is 37.5 Å². The molecule has 0 atom stereocenters. The summed E-state index contributed by atoms with van der Waals surface area (Å²) in [5, 5.41) is 9.79. The maximum Gasteiger partial charge on any atom is 0.189 e. The zero-order chi connectivity index (χ0) is 22.1. The van der Waals surface area contributed by atoms with Crippen molar-refractivity contribution in [1.29, 1.82) is 0 Å². The number of ketones is 1. The van der Waals surface area contributed by atoms with Crippen LogP contribution in [-0.4, -0.2) is 15.9 Å². The van der Waals surface area contributed by atoms with Gasteiger partial charge in [-0.25, -0.2) is 0 Å². The smallest absolute Gasteiger partial charge is 0.189 e. The average Bonchev–Trinajstić information content (AvgIpc) is 2.81. The Balaban J connectivity index is 0.000000224. The number of carbonyl (C=O) groups is 1. The topological polar surface area (TPSA) is 50.2 Å². The third-order valence-corrected chi connectivity index (χ3v) is 4.36. The van der Waals surface area contributed by atoms with Gasteiger partial charge < -0.3 is 10.1 Å². The predicted octanol–water partition coefficient (Wildman–Crippen LogP) is 6.46. The molecule has 0 saturated heterocycles. The largest absolute Gasteiger partial charge is 0.507 e. The summed E-state index contributed by atoms with van der Waals surface area (Å²) in [6.45, 7) is 1.99. The van der Waals surface area contributed by atoms with Crippen LogP contribution in [0.25, 0.3) is 17.0 Å². The monoisotopic (exact) mass is 603 g/mol. The molecule has 0 aliphatic heterocycles. The van der Waals surface area contributed by atoms with Gasteiger partial charge in [0.15, 0.2) is 5.78 Å². The average molecular weight is 603 g/mol. The fraction of sp³-hybridized carbons (Fsp3) is 0.0370. The summed E-state index contributed by atoms with van der Waals surface area (Å²) in [7, 11) is 0. The number of rotatable bonds is 4. The van der Waals surface area contributed by atoms with E-state index in [1.54, 1.807) is 48.7 Å². The van der Waals surface area contributed by atoms with E-state index in [9.17, 15) is 14.3 Å². The molecule has 0 aliphatic rings. The number of hydrogen-bond acceptors (Lipinski definition) is 3. The normalized spacial score (nSPS) is 10.4. The molecule has 3 aromatic carbocycles. The first-order valence-electron chi connectivity index (χ1n) is 9.68. The fourth-order valence-corrected chi connectivity index (χ4v) is 2.75. The van der Waals surface area contributed by atoms with Crippen LogP contribution in [-0.2, 0) is 20.1 Å². The van der Waals surface area contributed by atoms with Gasteiger partial charge in [-0.1, -0.05) is 72.3 Å². The summed E-state index contributed by atoms with van der Waals surface area (Å²) in [5.41, 5.74) is 3.97. The number of benzene rings is 3. The number of aliphatic hydroxyl groups excluding tert-OH is 1. The molecule has 5 heteroatoms. The first kappa shape index (κ1) is 24.9. The molecule has 1 N–H and O–H groups in total. The van der Waals surface area contributed by atoms with Crippen LogP contribution >= 0.6 is 0 Å². The van der Waals surface area contributed by atoms with E-state index in [1.807, 2.05) is 43.3 Å². The molecule has 4 aromatic rings. The first-order valence-corrected chi connectivity index (χ1v) is 9.68. The summed E-state index contributed by atoms with van der Waals surface area (Å²) < 4.78 is 12.6. The van der Waals surface area contributed by atoms with Crippen LogP contribution in [0.15, 0.2) is 103 Å². The van der Waals surface area contributed by atoms with Crippen molar-refractivity contribution in [1.82, 2.24) is 4.98 Å². The molecular weight excluding hydrogens is 582 g/mol. The minimum atomic E-state index is -0.276.